The summed E-state index contributed by atoms with van der Waals surface area (Å²) in [4.78, 5) is 21.2. The fourth-order valence-electron chi connectivity index (χ4n) is 9.29. The highest BCUT2D eigenvalue weighted by molar-refractivity contribution is 7.21. The van der Waals surface area contributed by atoms with Crippen LogP contribution in [0.5, 0.6) is 0 Å². The van der Waals surface area contributed by atoms with E-state index in [1.165, 1.54) is 15.5 Å². The Morgan fingerprint density at radius 3 is 1.77 bits per heavy atom. The van der Waals surface area contributed by atoms with Gasteiger partial charge in [0.1, 0.15) is 5.01 Å². The van der Waals surface area contributed by atoms with Gasteiger partial charge in [-0.15, -0.1) is 11.3 Å². The highest BCUT2D eigenvalue weighted by Crippen LogP contribution is 2.43. The maximum absolute atomic E-state index is 5.49. The number of fused-ring (bicyclic) bond motifs is 11. The quantitative estimate of drug-likeness (QED) is 0.163. The Labute approximate surface area is 353 Å². The summed E-state index contributed by atoms with van der Waals surface area (Å²) in [7, 11) is 0. The normalized spacial score (nSPS) is 11.9. The van der Waals surface area contributed by atoms with Gasteiger partial charge in [0.05, 0.1) is 32.3 Å². The monoisotopic (exact) mass is 796 g/mol. The third-order valence-electron chi connectivity index (χ3n) is 12.0. The zero-order chi connectivity index (χ0) is 40.0. The van der Waals surface area contributed by atoms with Gasteiger partial charge in [-0.25, -0.2) is 9.97 Å². The highest BCUT2D eigenvalue weighted by atomic mass is 32.1. The van der Waals surface area contributed by atoms with Crippen molar-refractivity contribution in [3.05, 3.63) is 194 Å². The predicted octanol–water partition coefficient (Wildman–Crippen LogP) is 14.0. The molecule has 7 heteroatoms. The predicted molar refractivity (Wildman–Crippen MR) is 253 cm³/mol. The van der Waals surface area contributed by atoms with E-state index >= 15 is 0 Å². The SMILES string of the molecule is c1ccc(-c2nc(-c3cc4ccccc4c4ccccc34)nc(-n3c4ccccc4c4ccc5c6ccccc6n(-c6cccc(-c7nc8ccccc8s7)c6)c5c43)n2)cc1. The van der Waals surface area contributed by atoms with Crippen molar-refractivity contribution in [3.8, 4) is 45.0 Å². The van der Waals surface area contributed by atoms with Crippen LogP contribution in [0, 0.1) is 0 Å². The summed E-state index contributed by atoms with van der Waals surface area (Å²) in [5.74, 6) is 1.79. The Balaban J connectivity index is 1.15. The van der Waals surface area contributed by atoms with Crippen LogP contribution in [0.2, 0.25) is 0 Å². The Hall–Kier alpha value is -8.00. The summed E-state index contributed by atoms with van der Waals surface area (Å²) < 4.78 is 5.85. The molecule has 13 aromatic rings. The molecule has 4 aromatic heterocycles. The fourth-order valence-corrected chi connectivity index (χ4v) is 10.3. The van der Waals surface area contributed by atoms with E-state index in [0.717, 1.165) is 87.3 Å². The lowest BCUT2D eigenvalue weighted by Gasteiger charge is -2.15. The molecule has 0 N–H and O–H groups in total. The molecule has 0 aliphatic rings. The summed E-state index contributed by atoms with van der Waals surface area (Å²) >= 11 is 1.72. The van der Waals surface area contributed by atoms with Gasteiger partial charge in [-0.2, -0.15) is 9.97 Å². The molecule has 61 heavy (non-hydrogen) atoms. The summed E-state index contributed by atoms with van der Waals surface area (Å²) in [5, 5.41) is 10.1. The Morgan fingerprint density at radius 1 is 0.377 bits per heavy atom. The molecule has 0 aliphatic heterocycles. The van der Waals surface area contributed by atoms with Gasteiger partial charge in [0.25, 0.3) is 0 Å². The van der Waals surface area contributed by atoms with Crippen molar-refractivity contribution in [2.45, 2.75) is 0 Å². The van der Waals surface area contributed by atoms with Crippen LogP contribution >= 0.6 is 11.3 Å². The van der Waals surface area contributed by atoms with Crippen LogP contribution in [-0.2, 0) is 0 Å². The molecule has 0 aliphatic carbocycles. The van der Waals surface area contributed by atoms with Crippen LogP contribution in [0.15, 0.2) is 194 Å². The van der Waals surface area contributed by atoms with E-state index in [0.29, 0.717) is 17.6 Å². The third-order valence-corrected chi connectivity index (χ3v) is 13.1. The highest BCUT2D eigenvalue weighted by Gasteiger charge is 2.24. The molecular weight excluding hydrogens is 765 g/mol. The number of aromatic nitrogens is 6. The number of para-hydroxylation sites is 3. The Morgan fingerprint density at radius 2 is 0.984 bits per heavy atom. The van der Waals surface area contributed by atoms with E-state index in [1.54, 1.807) is 11.3 Å². The van der Waals surface area contributed by atoms with Crippen molar-refractivity contribution in [2.24, 2.45) is 0 Å². The van der Waals surface area contributed by atoms with Crippen LogP contribution in [0.1, 0.15) is 0 Å². The minimum absolute atomic E-state index is 0.555. The number of rotatable bonds is 5. The second-order valence-corrected chi connectivity index (χ2v) is 16.5. The van der Waals surface area contributed by atoms with E-state index < -0.39 is 0 Å². The smallest absolute Gasteiger partial charge is 0.238 e. The van der Waals surface area contributed by atoms with Gasteiger partial charge in [-0.3, -0.25) is 4.57 Å². The Kier molecular flexibility index (Phi) is 7.37. The molecule has 0 amide bonds. The third kappa shape index (κ3) is 5.21. The number of hydrogen-bond acceptors (Lipinski definition) is 5. The average molecular weight is 797 g/mol. The first-order valence-corrected chi connectivity index (χ1v) is 21.2. The average Bonchev–Trinajstić information content (AvgIpc) is 4.02. The van der Waals surface area contributed by atoms with E-state index in [-0.39, 0.29) is 0 Å². The van der Waals surface area contributed by atoms with E-state index in [9.17, 15) is 0 Å². The van der Waals surface area contributed by atoms with Crippen molar-refractivity contribution in [3.63, 3.8) is 0 Å². The molecule has 284 valence electrons. The molecule has 9 aromatic carbocycles. The number of benzene rings is 9. The van der Waals surface area contributed by atoms with Gasteiger partial charge in [0.15, 0.2) is 11.6 Å². The van der Waals surface area contributed by atoms with Crippen LogP contribution < -0.4 is 0 Å². The maximum Gasteiger partial charge on any atom is 0.238 e. The number of thiazole rings is 1. The topological polar surface area (TPSA) is 61.4 Å². The molecule has 0 unspecified atom stereocenters. The minimum Gasteiger partial charge on any atom is -0.307 e. The molecule has 13 rings (SSSR count). The standard InChI is InChI=1S/C54H32N6S/c1-2-15-33(16-3-1)51-56-52(44-32-34-17-4-5-20-37(34)38-21-6-7-22-39(38)44)58-54(57-51)60-47-27-12-9-24-41(47)43-30-29-42-40-23-8-11-26-46(40)59(49(42)50(43)60)36-19-14-18-35(31-36)53-55-45-25-10-13-28-48(45)61-53/h1-32H. The van der Waals surface area contributed by atoms with Crippen molar-refractivity contribution < 1.29 is 0 Å². The molecule has 6 nitrogen and oxygen atoms in total. The lowest BCUT2D eigenvalue weighted by molar-refractivity contribution is 0.954. The minimum atomic E-state index is 0.555. The van der Waals surface area contributed by atoms with Crippen molar-refractivity contribution in [2.75, 3.05) is 0 Å². The van der Waals surface area contributed by atoms with Crippen molar-refractivity contribution in [1.82, 2.24) is 29.1 Å². The van der Waals surface area contributed by atoms with E-state index in [2.05, 4.69) is 179 Å². The lowest BCUT2D eigenvalue weighted by atomic mass is 9.97. The van der Waals surface area contributed by atoms with Crippen LogP contribution in [0.4, 0.5) is 0 Å². The molecule has 0 saturated carbocycles. The van der Waals surface area contributed by atoms with Gasteiger partial charge in [-0.05, 0) is 64.0 Å². The second kappa shape index (κ2) is 13.3. The van der Waals surface area contributed by atoms with Gasteiger partial charge >= 0.3 is 0 Å². The molecule has 0 radical (unpaired) electrons. The van der Waals surface area contributed by atoms with Crippen molar-refractivity contribution in [1.29, 1.82) is 0 Å². The molecule has 0 fully saturated rings. The van der Waals surface area contributed by atoms with Gasteiger partial charge in [0.2, 0.25) is 5.95 Å². The summed E-state index contributed by atoms with van der Waals surface area (Å²) in [6.07, 6.45) is 0. The van der Waals surface area contributed by atoms with Crippen LogP contribution in [-0.4, -0.2) is 29.1 Å². The lowest BCUT2D eigenvalue weighted by Crippen LogP contribution is -2.07. The molecule has 4 heterocycles. The first kappa shape index (κ1) is 33.9. The molecule has 0 spiro atoms. The van der Waals surface area contributed by atoms with Crippen LogP contribution in [0.25, 0.3) is 120 Å². The number of nitrogens with zero attached hydrogens (tertiary/aromatic N) is 6. The largest absolute Gasteiger partial charge is 0.307 e. The maximum atomic E-state index is 5.49. The number of hydrogen-bond donors (Lipinski definition) is 0. The van der Waals surface area contributed by atoms with Gasteiger partial charge in [-0.1, -0.05) is 152 Å². The molecular formula is C54H32N6S. The zero-order valence-corrected chi connectivity index (χ0v) is 33.4. The Bertz CT molecular complexity index is 3860. The van der Waals surface area contributed by atoms with Crippen LogP contribution in [0.3, 0.4) is 0 Å². The molecule has 0 atom stereocenters. The van der Waals surface area contributed by atoms with Gasteiger partial charge in [0, 0.05) is 43.9 Å². The van der Waals surface area contributed by atoms with E-state index in [4.69, 9.17) is 19.9 Å². The fraction of sp³-hybridized carbons (Fsp3) is 0. The molecule has 0 bridgehead atoms. The van der Waals surface area contributed by atoms with E-state index in [1.807, 2.05) is 24.3 Å². The zero-order valence-electron chi connectivity index (χ0n) is 32.6. The first-order valence-electron chi connectivity index (χ1n) is 20.4. The summed E-state index contributed by atoms with van der Waals surface area (Å²) in [6.45, 7) is 0. The van der Waals surface area contributed by atoms with Crippen molar-refractivity contribution >= 4 is 86.7 Å². The summed E-state index contributed by atoms with van der Waals surface area (Å²) in [5.41, 5.74) is 9.27. The first-order chi connectivity index (χ1) is 30.2. The summed E-state index contributed by atoms with van der Waals surface area (Å²) in [6, 6.07) is 68.5. The van der Waals surface area contributed by atoms with Gasteiger partial charge < -0.3 is 4.57 Å². The molecule has 0 saturated heterocycles. The second-order valence-electron chi connectivity index (χ2n) is 15.4.